The fourth-order valence-corrected chi connectivity index (χ4v) is 2.62. The Bertz CT molecular complexity index is 698. The summed E-state index contributed by atoms with van der Waals surface area (Å²) < 4.78 is 1.47. The summed E-state index contributed by atoms with van der Waals surface area (Å²) in [4.78, 5) is 16.9. The Morgan fingerprint density at radius 2 is 1.79 bits per heavy atom. The SMILES string of the molecule is CCCN(CCC)c1ccc(/C=C/c2ncc([N+](=O)[O-])n2C)cc1. The topological polar surface area (TPSA) is 64.2 Å². The lowest BCUT2D eigenvalue weighted by Crippen LogP contribution is -2.24. The normalized spacial score (nSPS) is 11.1. The van der Waals surface area contributed by atoms with Gasteiger partial charge in [-0.25, -0.2) is 9.55 Å². The molecule has 1 heterocycles. The predicted molar refractivity (Wildman–Crippen MR) is 98.0 cm³/mol. The molecule has 24 heavy (non-hydrogen) atoms. The summed E-state index contributed by atoms with van der Waals surface area (Å²) in [7, 11) is 1.64. The third-order valence-electron chi connectivity index (χ3n) is 3.86. The molecule has 0 fully saturated rings. The summed E-state index contributed by atoms with van der Waals surface area (Å²) in [6, 6.07) is 8.35. The van der Waals surface area contributed by atoms with E-state index in [4.69, 9.17) is 0 Å². The molecule has 2 aromatic rings. The molecule has 0 radical (unpaired) electrons. The lowest BCUT2D eigenvalue weighted by atomic mass is 10.1. The number of nitro groups is 1. The third kappa shape index (κ3) is 4.22. The zero-order valence-corrected chi connectivity index (χ0v) is 14.5. The lowest BCUT2D eigenvalue weighted by molar-refractivity contribution is -0.391. The van der Waals surface area contributed by atoms with Crippen LogP contribution in [0.4, 0.5) is 11.5 Å². The first-order valence-electron chi connectivity index (χ1n) is 8.26. The Balaban J connectivity index is 2.12. The Hall–Kier alpha value is -2.63. The molecule has 0 atom stereocenters. The summed E-state index contributed by atoms with van der Waals surface area (Å²) in [5.74, 6) is 0.546. The zero-order chi connectivity index (χ0) is 17.5. The summed E-state index contributed by atoms with van der Waals surface area (Å²) in [6.45, 7) is 6.48. The van der Waals surface area contributed by atoms with Crippen LogP contribution in [0.3, 0.4) is 0 Å². The molecular formula is C18H24N4O2. The van der Waals surface area contributed by atoms with Gasteiger partial charge in [0.1, 0.15) is 6.20 Å². The smallest absolute Gasteiger partial charge is 0.342 e. The van der Waals surface area contributed by atoms with Crippen LogP contribution >= 0.6 is 0 Å². The van der Waals surface area contributed by atoms with Crippen molar-refractivity contribution in [3.05, 3.63) is 52.0 Å². The number of hydrogen-bond donors (Lipinski definition) is 0. The Kier molecular flexibility index (Phi) is 6.12. The highest BCUT2D eigenvalue weighted by Gasteiger charge is 2.13. The first kappa shape index (κ1) is 17.7. The van der Waals surface area contributed by atoms with Crippen molar-refractivity contribution in [2.75, 3.05) is 18.0 Å². The van der Waals surface area contributed by atoms with Gasteiger partial charge in [-0.05, 0) is 41.5 Å². The van der Waals surface area contributed by atoms with E-state index in [9.17, 15) is 10.1 Å². The first-order chi connectivity index (χ1) is 11.6. The molecule has 0 unspecified atom stereocenters. The number of hydrogen-bond acceptors (Lipinski definition) is 4. The van der Waals surface area contributed by atoms with Crippen molar-refractivity contribution in [1.82, 2.24) is 9.55 Å². The second kappa shape index (κ2) is 8.29. The van der Waals surface area contributed by atoms with Crippen molar-refractivity contribution in [2.45, 2.75) is 26.7 Å². The summed E-state index contributed by atoms with van der Waals surface area (Å²) >= 11 is 0. The first-order valence-corrected chi connectivity index (χ1v) is 8.26. The van der Waals surface area contributed by atoms with E-state index in [2.05, 4.69) is 48.0 Å². The monoisotopic (exact) mass is 328 g/mol. The Morgan fingerprint density at radius 1 is 1.17 bits per heavy atom. The molecule has 6 heteroatoms. The standard InChI is InChI=1S/C18H24N4O2/c1-4-12-21(13-5-2)16-9-6-15(7-10-16)8-11-17-19-14-18(20(17)3)22(23)24/h6-11,14H,4-5,12-13H2,1-3H3/b11-8+. The van der Waals surface area contributed by atoms with Crippen LogP contribution in [0.5, 0.6) is 0 Å². The quantitative estimate of drug-likeness (QED) is 0.540. The number of aromatic nitrogens is 2. The van der Waals surface area contributed by atoms with Crippen molar-refractivity contribution in [1.29, 1.82) is 0 Å². The fourth-order valence-electron chi connectivity index (χ4n) is 2.62. The average Bonchev–Trinajstić information content (AvgIpc) is 2.94. The minimum Gasteiger partial charge on any atom is -0.372 e. The van der Waals surface area contributed by atoms with Gasteiger partial charge in [0.05, 0.1) is 7.05 Å². The molecule has 128 valence electrons. The van der Waals surface area contributed by atoms with Crippen molar-refractivity contribution in [2.24, 2.45) is 7.05 Å². The van der Waals surface area contributed by atoms with Gasteiger partial charge >= 0.3 is 5.82 Å². The Morgan fingerprint density at radius 3 is 2.29 bits per heavy atom. The van der Waals surface area contributed by atoms with Gasteiger partial charge in [0.15, 0.2) is 0 Å². The Labute approximate surface area is 142 Å². The zero-order valence-electron chi connectivity index (χ0n) is 14.5. The van der Waals surface area contributed by atoms with E-state index in [1.807, 2.05) is 6.08 Å². The van der Waals surface area contributed by atoms with Gasteiger partial charge < -0.3 is 15.0 Å². The second-order valence-corrected chi connectivity index (χ2v) is 5.70. The highest BCUT2D eigenvalue weighted by atomic mass is 16.6. The van der Waals surface area contributed by atoms with E-state index < -0.39 is 4.92 Å². The maximum Gasteiger partial charge on any atom is 0.342 e. The lowest BCUT2D eigenvalue weighted by Gasteiger charge is -2.23. The maximum atomic E-state index is 10.8. The predicted octanol–water partition coefficient (Wildman–Crippen LogP) is 4.13. The van der Waals surface area contributed by atoms with Gasteiger partial charge in [0.25, 0.3) is 0 Å². The summed E-state index contributed by atoms with van der Waals surface area (Å²) in [5, 5.41) is 10.8. The molecule has 0 aliphatic heterocycles. The van der Waals surface area contributed by atoms with Gasteiger partial charge in [0.2, 0.25) is 5.82 Å². The highest BCUT2D eigenvalue weighted by Crippen LogP contribution is 2.18. The van der Waals surface area contributed by atoms with E-state index in [-0.39, 0.29) is 5.82 Å². The van der Waals surface area contributed by atoms with Crippen LogP contribution in [0.2, 0.25) is 0 Å². The molecule has 6 nitrogen and oxygen atoms in total. The second-order valence-electron chi connectivity index (χ2n) is 5.70. The van der Waals surface area contributed by atoms with Gasteiger partial charge in [-0.1, -0.05) is 26.0 Å². The molecule has 0 bridgehead atoms. The molecule has 0 N–H and O–H groups in total. The number of rotatable bonds is 8. The van der Waals surface area contributed by atoms with Crippen LogP contribution in [-0.2, 0) is 7.05 Å². The molecule has 0 amide bonds. The van der Waals surface area contributed by atoms with Gasteiger partial charge in [-0.15, -0.1) is 0 Å². The molecular weight excluding hydrogens is 304 g/mol. The van der Waals surface area contributed by atoms with Crippen molar-refractivity contribution >= 4 is 23.7 Å². The summed E-state index contributed by atoms with van der Waals surface area (Å²) in [6.07, 6.45) is 7.23. The van der Waals surface area contributed by atoms with Crippen LogP contribution < -0.4 is 4.90 Å². The van der Waals surface area contributed by atoms with Crippen LogP contribution in [0, 0.1) is 10.1 Å². The number of benzene rings is 1. The average molecular weight is 328 g/mol. The van der Waals surface area contributed by atoms with E-state index in [0.717, 1.165) is 31.5 Å². The molecule has 0 aliphatic carbocycles. The van der Waals surface area contributed by atoms with E-state index in [1.165, 1.54) is 16.5 Å². The number of nitrogens with zero attached hydrogens (tertiary/aromatic N) is 4. The molecule has 0 saturated heterocycles. The van der Waals surface area contributed by atoms with Crippen molar-refractivity contribution in [3.63, 3.8) is 0 Å². The van der Waals surface area contributed by atoms with Crippen LogP contribution in [0.15, 0.2) is 30.5 Å². The minimum atomic E-state index is -0.435. The van der Waals surface area contributed by atoms with Crippen molar-refractivity contribution in [3.8, 4) is 0 Å². The maximum absolute atomic E-state index is 10.8. The largest absolute Gasteiger partial charge is 0.372 e. The van der Waals surface area contributed by atoms with E-state index in [1.54, 1.807) is 13.1 Å². The fraction of sp³-hybridized carbons (Fsp3) is 0.389. The van der Waals surface area contributed by atoms with Gasteiger partial charge in [-0.3, -0.25) is 0 Å². The number of anilines is 1. The highest BCUT2D eigenvalue weighted by molar-refractivity contribution is 5.68. The molecule has 0 spiro atoms. The number of imidazole rings is 1. The molecule has 1 aromatic heterocycles. The van der Waals surface area contributed by atoms with Crippen molar-refractivity contribution < 1.29 is 4.92 Å². The van der Waals surface area contributed by atoms with Crippen LogP contribution in [-0.4, -0.2) is 27.6 Å². The molecule has 2 rings (SSSR count). The van der Waals surface area contributed by atoms with E-state index >= 15 is 0 Å². The minimum absolute atomic E-state index is 0.0141. The van der Waals surface area contributed by atoms with Gasteiger partial charge in [-0.2, -0.15) is 0 Å². The molecule has 1 aromatic carbocycles. The van der Waals surface area contributed by atoms with Crippen LogP contribution in [0.25, 0.3) is 12.2 Å². The summed E-state index contributed by atoms with van der Waals surface area (Å²) in [5.41, 5.74) is 2.26. The van der Waals surface area contributed by atoms with Crippen LogP contribution in [0.1, 0.15) is 38.1 Å². The molecule has 0 saturated carbocycles. The third-order valence-corrected chi connectivity index (χ3v) is 3.86. The molecule has 0 aliphatic rings. The van der Waals surface area contributed by atoms with Gasteiger partial charge in [0, 0.05) is 24.9 Å². The van der Waals surface area contributed by atoms with E-state index in [0.29, 0.717) is 5.82 Å².